The predicted octanol–water partition coefficient (Wildman–Crippen LogP) is 2.53. The van der Waals surface area contributed by atoms with Crippen LogP contribution in [-0.4, -0.2) is 44.6 Å². The van der Waals surface area contributed by atoms with Gasteiger partial charge in [0.1, 0.15) is 15.5 Å². The predicted molar refractivity (Wildman–Crippen MR) is 113 cm³/mol. The van der Waals surface area contributed by atoms with Crippen LogP contribution in [0.25, 0.3) is 11.0 Å². The summed E-state index contributed by atoms with van der Waals surface area (Å²) in [5.74, 6) is -3.62. The van der Waals surface area contributed by atoms with E-state index in [1.54, 1.807) is 18.2 Å². The highest BCUT2D eigenvalue weighted by Gasteiger charge is 2.27. The molecule has 11 heteroatoms. The van der Waals surface area contributed by atoms with Crippen molar-refractivity contribution >= 4 is 51.1 Å². The van der Waals surface area contributed by atoms with E-state index < -0.39 is 35.9 Å². The normalized spacial score (nSPS) is 10.5. The van der Waals surface area contributed by atoms with Gasteiger partial charge in [-0.05, 0) is 24.6 Å². The Hall–Kier alpha value is -3.99. The van der Waals surface area contributed by atoms with Crippen molar-refractivity contribution in [3.05, 3.63) is 62.3 Å². The maximum Gasteiger partial charge on any atom is 0.374 e. The SMILES string of the molecule is COC(=O)c1sc(NC(=O)COC(=O)c2cc(=O)c3ccccc3o2)c(C(=O)OC)c1C. The van der Waals surface area contributed by atoms with Crippen molar-refractivity contribution in [2.75, 3.05) is 26.1 Å². The minimum absolute atomic E-state index is 0.0156. The van der Waals surface area contributed by atoms with E-state index in [1.165, 1.54) is 20.1 Å². The summed E-state index contributed by atoms with van der Waals surface area (Å²) in [7, 11) is 2.34. The van der Waals surface area contributed by atoms with Gasteiger partial charge in [-0.3, -0.25) is 9.59 Å². The van der Waals surface area contributed by atoms with Crippen molar-refractivity contribution in [1.82, 2.24) is 0 Å². The molecule has 0 unspecified atom stereocenters. The average molecular weight is 459 g/mol. The van der Waals surface area contributed by atoms with Crippen LogP contribution in [0.4, 0.5) is 5.00 Å². The van der Waals surface area contributed by atoms with E-state index in [1.807, 2.05) is 0 Å². The van der Waals surface area contributed by atoms with E-state index in [2.05, 4.69) is 10.1 Å². The van der Waals surface area contributed by atoms with Gasteiger partial charge in [-0.25, -0.2) is 14.4 Å². The molecule has 0 saturated carbocycles. The van der Waals surface area contributed by atoms with E-state index >= 15 is 0 Å². The second-order valence-electron chi connectivity index (χ2n) is 6.34. The highest BCUT2D eigenvalue weighted by Crippen LogP contribution is 2.34. The van der Waals surface area contributed by atoms with Gasteiger partial charge in [0.15, 0.2) is 12.0 Å². The number of benzene rings is 1. The van der Waals surface area contributed by atoms with Crippen LogP contribution in [0, 0.1) is 6.92 Å². The molecule has 3 rings (SSSR count). The fourth-order valence-corrected chi connectivity index (χ4v) is 3.94. The number of carbonyl (C=O) groups is 4. The number of anilines is 1. The molecule has 32 heavy (non-hydrogen) atoms. The van der Waals surface area contributed by atoms with Crippen molar-refractivity contribution < 1.29 is 37.8 Å². The monoisotopic (exact) mass is 459 g/mol. The van der Waals surface area contributed by atoms with Crippen molar-refractivity contribution in [3.63, 3.8) is 0 Å². The summed E-state index contributed by atoms with van der Waals surface area (Å²) in [5, 5.41) is 2.75. The Balaban J connectivity index is 1.75. The summed E-state index contributed by atoms with van der Waals surface area (Å²) in [4.78, 5) is 60.8. The molecule has 1 N–H and O–H groups in total. The van der Waals surface area contributed by atoms with Gasteiger partial charge in [0.2, 0.25) is 5.76 Å². The molecule has 0 bridgehead atoms. The third kappa shape index (κ3) is 4.52. The zero-order valence-corrected chi connectivity index (χ0v) is 18.0. The van der Waals surface area contributed by atoms with E-state index in [0.29, 0.717) is 5.39 Å². The zero-order valence-electron chi connectivity index (χ0n) is 17.2. The molecule has 0 saturated heterocycles. The summed E-state index contributed by atoms with van der Waals surface area (Å²) in [6.07, 6.45) is 0. The zero-order chi connectivity index (χ0) is 23.4. The fourth-order valence-electron chi connectivity index (χ4n) is 2.81. The number of hydrogen-bond donors (Lipinski definition) is 1. The first kappa shape index (κ1) is 22.7. The van der Waals surface area contributed by atoms with Crippen LogP contribution >= 0.6 is 11.3 Å². The molecule has 2 aromatic heterocycles. The van der Waals surface area contributed by atoms with E-state index in [-0.39, 0.29) is 32.3 Å². The molecule has 2 heterocycles. The number of fused-ring (bicyclic) bond motifs is 1. The number of hydrogen-bond acceptors (Lipinski definition) is 10. The Bertz CT molecular complexity index is 1290. The molecule has 0 fully saturated rings. The highest BCUT2D eigenvalue weighted by atomic mass is 32.1. The summed E-state index contributed by atoms with van der Waals surface area (Å²) in [6.45, 7) is 0.771. The lowest BCUT2D eigenvalue weighted by atomic mass is 10.1. The first-order valence-corrected chi connectivity index (χ1v) is 9.88. The molecule has 166 valence electrons. The van der Waals surface area contributed by atoms with E-state index in [9.17, 15) is 24.0 Å². The number of esters is 3. The van der Waals surface area contributed by atoms with Crippen LogP contribution < -0.4 is 10.7 Å². The molecule has 10 nitrogen and oxygen atoms in total. The van der Waals surface area contributed by atoms with E-state index in [4.69, 9.17) is 13.9 Å². The van der Waals surface area contributed by atoms with E-state index in [0.717, 1.165) is 24.5 Å². The quantitative estimate of drug-likeness (QED) is 0.435. The number of thiophene rings is 1. The van der Waals surface area contributed by atoms with Crippen molar-refractivity contribution in [3.8, 4) is 0 Å². The lowest BCUT2D eigenvalue weighted by molar-refractivity contribution is -0.119. The Kier molecular flexibility index (Phi) is 6.69. The Morgan fingerprint density at radius 1 is 1.03 bits per heavy atom. The number of para-hydroxylation sites is 1. The van der Waals surface area contributed by atoms with Gasteiger partial charge in [0.25, 0.3) is 5.91 Å². The Morgan fingerprint density at radius 2 is 1.72 bits per heavy atom. The molecule has 0 aliphatic rings. The Morgan fingerprint density at radius 3 is 2.41 bits per heavy atom. The molecule has 0 aliphatic carbocycles. The van der Waals surface area contributed by atoms with Gasteiger partial charge in [0.05, 0.1) is 25.2 Å². The molecule has 0 atom stereocenters. The number of nitrogens with one attached hydrogen (secondary N) is 1. The summed E-state index contributed by atoms with van der Waals surface area (Å²) < 4.78 is 19.7. The second kappa shape index (κ2) is 9.43. The first-order chi connectivity index (χ1) is 15.3. The van der Waals surface area contributed by atoms with Crippen LogP contribution in [0.15, 0.2) is 39.5 Å². The molecule has 1 aromatic carbocycles. The molecule has 0 radical (unpaired) electrons. The average Bonchev–Trinajstić information content (AvgIpc) is 3.11. The molecule has 1 amide bonds. The van der Waals surface area contributed by atoms with Crippen LogP contribution in [0.3, 0.4) is 0 Å². The molecule has 0 spiro atoms. The van der Waals surface area contributed by atoms with Gasteiger partial charge in [0, 0.05) is 6.07 Å². The lowest BCUT2D eigenvalue weighted by Gasteiger charge is -2.07. The Labute approximate surface area is 184 Å². The maximum absolute atomic E-state index is 12.3. The van der Waals surface area contributed by atoms with Crippen molar-refractivity contribution in [2.24, 2.45) is 0 Å². The fraction of sp³-hybridized carbons (Fsp3) is 0.190. The largest absolute Gasteiger partial charge is 0.465 e. The second-order valence-corrected chi connectivity index (χ2v) is 7.36. The smallest absolute Gasteiger partial charge is 0.374 e. The van der Waals surface area contributed by atoms with Crippen molar-refractivity contribution in [2.45, 2.75) is 6.92 Å². The van der Waals surface area contributed by atoms with Gasteiger partial charge in [-0.15, -0.1) is 11.3 Å². The van der Waals surface area contributed by atoms with Gasteiger partial charge in [-0.1, -0.05) is 12.1 Å². The van der Waals surface area contributed by atoms with Gasteiger partial charge >= 0.3 is 17.9 Å². The molecule has 3 aromatic rings. The number of methoxy groups -OCH3 is 2. The first-order valence-electron chi connectivity index (χ1n) is 9.06. The summed E-state index contributed by atoms with van der Waals surface area (Å²) >= 11 is 0.817. The molecular formula is C21H17NO9S. The van der Waals surface area contributed by atoms with Crippen LogP contribution in [0.2, 0.25) is 0 Å². The highest BCUT2D eigenvalue weighted by molar-refractivity contribution is 7.18. The minimum atomic E-state index is -1.02. The van der Waals surface area contributed by atoms with Gasteiger partial charge < -0.3 is 23.9 Å². The van der Waals surface area contributed by atoms with Crippen LogP contribution in [-0.2, 0) is 19.0 Å². The third-order valence-electron chi connectivity index (χ3n) is 4.33. The van der Waals surface area contributed by atoms with Gasteiger partial charge in [-0.2, -0.15) is 0 Å². The number of ether oxygens (including phenoxy) is 3. The maximum atomic E-state index is 12.3. The summed E-state index contributed by atoms with van der Waals surface area (Å²) in [5.41, 5.74) is 0.0240. The number of carbonyl (C=O) groups excluding carboxylic acids is 4. The minimum Gasteiger partial charge on any atom is -0.465 e. The standard InChI is InChI=1S/C21H17NO9S/c1-10-16(20(26)28-2)18(32-17(10)21(27)29-3)22-15(24)9-30-19(25)14-8-12(23)11-6-4-5-7-13(11)31-14/h4-8H,9H2,1-3H3,(H,22,24). The van der Waals surface area contributed by atoms with Crippen LogP contribution in [0.1, 0.15) is 36.1 Å². The topological polar surface area (TPSA) is 138 Å². The lowest BCUT2D eigenvalue weighted by Crippen LogP contribution is -2.22. The molecular weight excluding hydrogens is 442 g/mol. The molecule has 0 aliphatic heterocycles. The summed E-state index contributed by atoms with van der Waals surface area (Å²) in [6, 6.07) is 7.34. The van der Waals surface area contributed by atoms with Crippen molar-refractivity contribution in [1.29, 1.82) is 0 Å². The third-order valence-corrected chi connectivity index (χ3v) is 5.52. The number of amides is 1. The van der Waals surface area contributed by atoms with Crippen LogP contribution in [0.5, 0.6) is 0 Å². The number of rotatable bonds is 6.